The van der Waals surface area contributed by atoms with E-state index in [2.05, 4.69) is 10.6 Å². The molecule has 0 radical (unpaired) electrons. The molecule has 0 spiro atoms. The van der Waals surface area contributed by atoms with Crippen LogP contribution in [0.1, 0.15) is 23.2 Å². The second kappa shape index (κ2) is 10.5. The number of anilines is 1. The summed E-state index contributed by atoms with van der Waals surface area (Å²) in [4.78, 5) is 35.3. The molecule has 0 atom stereocenters. The molecule has 0 unspecified atom stereocenters. The Morgan fingerprint density at radius 3 is 2.24 bits per heavy atom. The molecule has 3 amide bonds. The first-order valence-corrected chi connectivity index (χ1v) is 8.89. The Balaban J connectivity index is 1.66. The zero-order chi connectivity index (χ0) is 21.4. The SMILES string of the molecule is O=C(CCCNC(=O)c1ccc(Cl)cc1)NCC(=O)Nc1ccc(F)c(F)c1F. The van der Waals surface area contributed by atoms with E-state index in [4.69, 9.17) is 11.6 Å². The lowest BCUT2D eigenvalue weighted by Gasteiger charge is -2.09. The topological polar surface area (TPSA) is 87.3 Å². The van der Waals surface area contributed by atoms with Crippen molar-refractivity contribution in [2.24, 2.45) is 0 Å². The quantitative estimate of drug-likeness (QED) is 0.447. The van der Waals surface area contributed by atoms with Gasteiger partial charge in [-0.3, -0.25) is 14.4 Å². The maximum Gasteiger partial charge on any atom is 0.251 e. The Labute approximate surface area is 169 Å². The monoisotopic (exact) mass is 427 g/mol. The summed E-state index contributed by atoms with van der Waals surface area (Å²) in [5, 5.41) is 7.49. The van der Waals surface area contributed by atoms with Crippen LogP contribution in [0.25, 0.3) is 0 Å². The van der Waals surface area contributed by atoms with Gasteiger partial charge in [0.1, 0.15) is 0 Å². The van der Waals surface area contributed by atoms with Gasteiger partial charge in [-0.1, -0.05) is 11.6 Å². The molecular weight excluding hydrogens is 411 g/mol. The van der Waals surface area contributed by atoms with Crippen LogP contribution in [0.15, 0.2) is 36.4 Å². The molecule has 0 aliphatic rings. The zero-order valence-corrected chi connectivity index (χ0v) is 15.8. The van der Waals surface area contributed by atoms with Crippen LogP contribution in [-0.4, -0.2) is 30.8 Å². The van der Waals surface area contributed by atoms with Crippen molar-refractivity contribution in [1.82, 2.24) is 10.6 Å². The van der Waals surface area contributed by atoms with Gasteiger partial charge >= 0.3 is 0 Å². The van der Waals surface area contributed by atoms with Crippen molar-refractivity contribution >= 4 is 35.0 Å². The van der Waals surface area contributed by atoms with Gasteiger partial charge in [0.15, 0.2) is 17.5 Å². The first-order chi connectivity index (χ1) is 13.8. The number of rotatable bonds is 8. The Morgan fingerprint density at radius 1 is 0.862 bits per heavy atom. The molecule has 29 heavy (non-hydrogen) atoms. The van der Waals surface area contributed by atoms with Gasteiger partial charge in [0.05, 0.1) is 12.2 Å². The van der Waals surface area contributed by atoms with Gasteiger partial charge in [0.25, 0.3) is 5.91 Å². The Bertz CT molecular complexity index is 908. The van der Waals surface area contributed by atoms with E-state index < -0.39 is 41.5 Å². The van der Waals surface area contributed by atoms with Crippen molar-refractivity contribution < 1.29 is 27.6 Å². The fourth-order valence-corrected chi connectivity index (χ4v) is 2.36. The summed E-state index contributed by atoms with van der Waals surface area (Å²) in [5.41, 5.74) is -0.104. The molecule has 0 saturated heterocycles. The van der Waals surface area contributed by atoms with Crippen LogP contribution in [0, 0.1) is 17.5 Å². The third kappa shape index (κ3) is 6.79. The molecule has 0 aliphatic carbocycles. The lowest BCUT2D eigenvalue weighted by molar-refractivity contribution is -0.124. The van der Waals surface area contributed by atoms with Crippen LogP contribution < -0.4 is 16.0 Å². The predicted molar refractivity (Wildman–Crippen MR) is 101 cm³/mol. The van der Waals surface area contributed by atoms with Crippen LogP contribution in [-0.2, 0) is 9.59 Å². The minimum atomic E-state index is -1.70. The number of hydrogen-bond acceptors (Lipinski definition) is 3. The van der Waals surface area contributed by atoms with Crippen LogP contribution in [0.2, 0.25) is 5.02 Å². The summed E-state index contributed by atoms with van der Waals surface area (Å²) in [6.07, 6.45) is 0.359. The lowest BCUT2D eigenvalue weighted by Crippen LogP contribution is -2.33. The van der Waals surface area contributed by atoms with Crippen molar-refractivity contribution in [3.05, 3.63) is 64.4 Å². The molecule has 2 aromatic carbocycles. The standard InChI is InChI=1S/C19H17ClF3N3O3/c20-12-5-3-11(4-6-12)19(29)24-9-1-2-15(27)25-10-16(28)26-14-8-7-13(21)17(22)18(14)23/h3-8H,1-2,9-10H2,(H,24,29)(H,25,27)(H,26,28). The predicted octanol–water partition coefficient (Wildman–Crippen LogP) is 3.02. The Kier molecular flexibility index (Phi) is 8.02. The summed E-state index contributed by atoms with van der Waals surface area (Å²) < 4.78 is 39.4. The molecule has 0 saturated carbocycles. The highest BCUT2D eigenvalue weighted by Gasteiger charge is 2.15. The van der Waals surface area contributed by atoms with Crippen molar-refractivity contribution in [2.45, 2.75) is 12.8 Å². The maximum atomic E-state index is 13.5. The number of amides is 3. The second-order valence-corrected chi connectivity index (χ2v) is 6.35. The number of nitrogens with one attached hydrogen (secondary N) is 3. The number of benzene rings is 2. The molecule has 154 valence electrons. The first-order valence-electron chi connectivity index (χ1n) is 8.51. The summed E-state index contributed by atoms with van der Waals surface area (Å²) in [7, 11) is 0. The summed E-state index contributed by atoms with van der Waals surface area (Å²) >= 11 is 5.74. The Morgan fingerprint density at radius 2 is 1.55 bits per heavy atom. The molecule has 10 heteroatoms. The molecule has 2 rings (SSSR count). The van der Waals surface area contributed by atoms with E-state index >= 15 is 0 Å². The van der Waals surface area contributed by atoms with Gasteiger partial charge in [0.2, 0.25) is 11.8 Å². The number of carbonyl (C=O) groups excluding carboxylic acids is 3. The van der Waals surface area contributed by atoms with E-state index in [0.29, 0.717) is 23.1 Å². The fraction of sp³-hybridized carbons (Fsp3) is 0.211. The smallest absolute Gasteiger partial charge is 0.251 e. The molecule has 3 N–H and O–H groups in total. The Hall–Kier alpha value is -3.07. The van der Waals surface area contributed by atoms with Crippen molar-refractivity contribution in [3.63, 3.8) is 0 Å². The summed E-state index contributed by atoms with van der Waals surface area (Å²) in [6, 6.07) is 7.85. The fourth-order valence-electron chi connectivity index (χ4n) is 2.24. The number of hydrogen-bond donors (Lipinski definition) is 3. The molecule has 2 aromatic rings. The second-order valence-electron chi connectivity index (χ2n) is 5.91. The van der Waals surface area contributed by atoms with Crippen molar-refractivity contribution in [1.29, 1.82) is 0 Å². The lowest BCUT2D eigenvalue weighted by atomic mass is 10.2. The molecule has 6 nitrogen and oxygen atoms in total. The molecule has 0 aromatic heterocycles. The van der Waals surface area contributed by atoms with Gasteiger partial charge in [0, 0.05) is 23.6 Å². The number of carbonyl (C=O) groups is 3. The van der Waals surface area contributed by atoms with Crippen molar-refractivity contribution in [2.75, 3.05) is 18.4 Å². The first kappa shape index (κ1) is 22.2. The van der Waals surface area contributed by atoms with E-state index in [9.17, 15) is 27.6 Å². The maximum absolute atomic E-state index is 13.5. The molecular formula is C19H17ClF3N3O3. The van der Waals surface area contributed by atoms with Crippen LogP contribution in [0.3, 0.4) is 0 Å². The van der Waals surface area contributed by atoms with Crippen LogP contribution in [0.4, 0.5) is 18.9 Å². The third-order valence-corrected chi connectivity index (χ3v) is 3.98. The minimum absolute atomic E-state index is 0.0354. The average molecular weight is 428 g/mol. The van der Waals surface area contributed by atoms with Gasteiger partial charge in [-0.05, 0) is 42.8 Å². The highest BCUT2D eigenvalue weighted by molar-refractivity contribution is 6.30. The van der Waals surface area contributed by atoms with E-state index in [0.717, 1.165) is 6.07 Å². The molecule has 0 fully saturated rings. The van der Waals surface area contributed by atoms with Crippen LogP contribution >= 0.6 is 11.6 Å². The highest BCUT2D eigenvalue weighted by atomic mass is 35.5. The van der Waals surface area contributed by atoms with E-state index in [1.165, 1.54) is 0 Å². The average Bonchev–Trinajstić information content (AvgIpc) is 2.70. The highest BCUT2D eigenvalue weighted by Crippen LogP contribution is 2.19. The largest absolute Gasteiger partial charge is 0.352 e. The van der Waals surface area contributed by atoms with Crippen LogP contribution in [0.5, 0.6) is 0 Å². The van der Waals surface area contributed by atoms with Gasteiger partial charge in [-0.2, -0.15) is 0 Å². The molecule has 0 heterocycles. The minimum Gasteiger partial charge on any atom is -0.352 e. The summed E-state index contributed by atoms with van der Waals surface area (Å²) in [6.45, 7) is -0.241. The van der Waals surface area contributed by atoms with Crippen molar-refractivity contribution in [3.8, 4) is 0 Å². The normalized spacial score (nSPS) is 10.3. The van der Waals surface area contributed by atoms with Gasteiger partial charge in [-0.15, -0.1) is 0 Å². The third-order valence-electron chi connectivity index (χ3n) is 3.73. The van der Waals surface area contributed by atoms with E-state index in [1.807, 2.05) is 5.32 Å². The van der Waals surface area contributed by atoms with E-state index in [1.54, 1.807) is 24.3 Å². The molecule has 0 bridgehead atoms. The zero-order valence-electron chi connectivity index (χ0n) is 15.0. The summed E-state index contributed by atoms with van der Waals surface area (Å²) in [5.74, 6) is -6.19. The number of halogens is 4. The van der Waals surface area contributed by atoms with Gasteiger partial charge < -0.3 is 16.0 Å². The van der Waals surface area contributed by atoms with E-state index in [-0.39, 0.29) is 18.9 Å². The van der Waals surface area contributed by atoms with Gasteiger partial charge in [-0.25, -0.2) is 13.2 Å². The molecule has 0 aliphatic heterocycles.